The normalized spacial score (nSPS) is 12.6. The molecule has 3 aromatic rings. The van der Waals surface area contributed by atoms with E-state index in [1.54, 1.807) is 54.7 Å². The number of amides is 2. The minimum Gasteiger partial charge on any atom is -0.467 e. The van der Waals surface area contributed by atoms with Crippen LogP contribution in [0.1, 0.15) is 16.1 Å². The number of carbonyl (C=O) groups excluding carboxylic acids is 2. The molecule has 130 valence electrons. The summed E-state index contributed by atoms with van der Waals surface area (Å²) < 4.78 is 11.0. The third-order valence-corrected chi connectivity index (χ3v) is 3.95. The van der Waals surface area contributed by atoms with Gasteiger partial charge in [0.25, 0.3) is 5.91 Å². The Balaban J connectivity index is 1.61. The van der Waals surface area contributed by atoms with Crippen LogP contribution in [0.25, 0.3) is 0 Å². The zero-order chi connectivity index (χ0) is 17.9. The summed E-state index contributed by atoms with van der Waals surface area (Å²) in [5, 5.41) is 2.74. The highest BCUT2D eigenvalue weighted by atomic mass is 16.5. The summed E-state index contributed by atoms with van der Waals surface area (Å²) in [4.78, 5) is 30.9. The number of carbonyl (C=O) groups is 2. The number of pyridine rings is 1. The van der Waals surface area contributed by atoms with Crippen LogP contribution in [0.3, 0.4) is 0 Å². The summed E-state index contributed by atoms with van der Waals surface area (Å²) in [6.07, 6.45) is 3.11. The zero-order valence-electron chi connectivity index (χ0n) is 13.7. The molecular weight excluding hydrogens is 334 g/mol. The Hall–Kier alpha value is -3.61. The van der Waals surface area contributed by atoms with Crippen LogP contribution in [0.2, 0.25) is 0 Å². The molecule has 0 atom stereocenters. The predicted molar refractivity (Wildman–Crippen MR) is 93.0 cm³/mol. The molecule has 2 amide bonds. The monoisotopic (exact) mass is 349 g/mol. The smallest absolute Gasteiger partial charge is 0.262 e. The maximum atomic E-state index is 13.0. The number of benzene rings is 1. The van der Waals surface area contributed by atoms with E-state index in [4.69, 9.17) is 9.15 Å². The molecule has 4 rings (SSSR count). The number of furan rings is 1. The summed E-state index contributed by atoms with van der Waals surface area (Å²) in [5.41, 5.74) is 0.825. The molecule has 0 radical (unpaired) electrons. The van der Waals surface area contributed by atoms with Crippen molar-refractivity contribution in [2.24, 2.45) is 0 Å². The number of nitrogens with one attached hydrogen (secondary N) is 1. The first-order valence-electron chi connectivity index (χ1n) is 8.05. The quantitative estimate of drug-likeness (QED) is 0.783. The number of ether oxygens (including phenoxy) is 1. The maximum absolute atomic E-state index is 13.0. The molecule has 7 nitrogen and oxygen atoms in total. The lowest BCUT2D eigenvalue weighted by Gasteiger charge is -2.20. The summed E-state index contributed by atoms with van der Waals surface area (Å²) in [7, 11) is 0. The molecule has 0 unspecified atom stereocenters. The van der Waals surface area contributed by atoms with Gasteiger partial charge < -0.3 is 14.5 Å². The second-order valence-electron chi connectivity index (χ2n) is 5.67. The molecule has 0 saturated carbocycles. The Morgan fingerprint density at radius 2 is 2.00 bits per heavy atom. The number of rotatable bonds is 4. The summed E-state index contributed by atoms with van der Waals surface area (Å²) in [6.45, 7) is 0.0940. The highest BCUT2D eigenvalue weighted by Crippen LogP contribution is 2.36. The van der Waals surface area contributed by atoms with Crippen LogP contribution >= 0.6 is 0 Å². The second-order valence-corrected chi connectivity index (χ2v) is 5.67. The average Bonchev–Trinajstić information content (AvgIpc) is 3.15. The second kappa shape index (κ2) is 6.72. The summed E-state index contributed by atoms with van der Waals surface area (Å²) >= 11 is 0. The Morgan fingerprint density at radius 3 is 2.85 bits per heavy atom. The SMILES string of the molecule is O=C(CN1C(=O)c2ccccc2Oc2ncccc21)NCc1ccco1. The van der Waals surface area contributed by atoms with Gasteiger partial charge in [0.15, 0.2) is 0 Å². The van der Waals surface area contributed by atoms with E-state index in [0.29, 0.717) is 22.8 Å². The predicted octanol–water partition coefficient (Wildman–Crippen LogP) is 2.74. The minimum atomic E-state index is -0.319. The van der Waals surface area contributed by atoms with Crippen molar-refractivity contribution in [3.8, 4) is 11.6 Å². The van der Waals surface area contributed by atoms with Gasteiger partial charge in [0.1, 0.15) is 23.7 Å². The van der Waals surface area contributed by atoms with Crippen LogP contribution in [-0.4, -0.2) is 23.3 Å². The summed E-state index contributed by atoms with van der Waals surface area (Å²) in [5.74, 6) is 0.696. The molecule has 1 aliphatic rings. The van der Waals surface area contributed by atoms with E-state index in [0.717, 1.165) is 0 Å². The number of para-hydroxylation sites is 1. The van der Waals surface area contributed by atoms with Crippen molar-refractivity contribution in [2.45, 2.75) is 6.54 Å². The molecule has 0 spiro atoms. The number of hydrogen-bond acceptors (Lipinski definition) is 5. The molecule has 3 heterocycles. The van der Waals surface area contributed by atoms with Crippen LogP contribution in [-0.2, 0) is 11.3 Å². The third-order valence-electron chi connectivity index (χ3n) is 3.95. The van der Waals surface area contributed by atoms with Crippen molar-refractivity contribution < 1.29 is 18.7 Å². The Bertz CT molecular complexity index is 953. The lowest BCUT2D eigenvalue weighted by atomic mass is 10.1. The van der Waals surface area contributed by atoms with E-state index in [9.17, 15) is 9.59 Å². The van der Waals surface area contributed by atoms with E-state index in [2.05, 4.69) is 10.3 Å². The highest BCUT2D eigenvalue weighted by Gasteiger charge is 2.30. The first kappa shape index (κ1) is 15.9. The van der Waals surface area contributed by atoms with Crippen molar-refractivity contribution in [3.05, 3.63) is 72.3 Å². The molecular formula is C19H15N3O4. The fourth-order valence-corrected chi connectivity index (χ4v) is 2.71. The van der Waals surface area contributed by atoms with Crippen molar-refractivity contribution in [2.75, 3.05) is 11.4 Å². The van der Waals surface area contributed by atoms with E-state index < -0.39 is 0 Å². The van der Waals surface area contributed by atoms with Crippen molar-refractivity contribution in [1.82, 2.24) is 10.3 Å². The topological polar surface area (TPSA) is 84.7 Å². The van der Waals surface area contributed by atoms with Gasteiger partial charge in [-0.25, -0.2) is 4.98 Å². The van der Waals surface area contributed by atoms with Crippen molar-refractivity contribution in [1.29, 1.82) is 0 Å². The molecule has 1 aromatic carbocycles. The Labute approximate surface area is 149 Å². The molecule has 0 bridgehead atoms. The van der Waals surface area contributed by atoms with Crippen LogP contribution in [0, 0.1) is 0 Å². The highest BCUT2D eigenvalue weighted by molar-refractivity contribution is 6.11. The molecule has 7 heteroatoms. The van der Waals surface area contributed by atoms with Crippen LogP contribution < -0.4 is 15.0 Å². The van der Waals surface area contributed by atoms with Crippen molar-refractivity contribution in [3.63, 3.8) is 0 Å². The molecule has 0 fully saturated rings. The minimum absolute atomic E-state index is 0.157. The fourth-order valence-electron chi connectivity index (χ4n) is 2.71. The Morgan fingerprint density at radius 1 is 1.12 bits per heavy atom. The van der Waals surface area contributed by atoms with Gasteiger partial charge in [-0.15, -0.1) is 0 Å². The van der Waals surface area contributed by atoms with Gasteiger partial charge in [-0.3, -0.25) is 14.5 Å². The zero-order valence-corrected chi connectivity index (χ0v) is 13.7. The first-order chi connectivity index (χ1) is 12.7. The van der Waals surface area contributed by atoms with Gasteiger partial charge in [0.05, 0.1) is 18.4 Å². The van der Waals surface area contributed by atoms with Crippen LogP contribution in [0.15, 0.2) is 65.4 Å². The molecule has 2 aromatic heterocycles. The van der Waals surface area contributed by atoms with Gasteiger partial charge in [0, 0.05) is 6.20 Å². The number of nitrogens with zero attached hydrogens (tertiary/aromatic N) is 2. The van der Waals surface area contributed by atoms with Gasteiger partial charge in [-0.1, -0.05) is 12.1 Å². The third kappa shape index (κ3) is 3.02. The van der Waals surface area contributed by atoms with Gasteiger partial charge in [-0.2, -0.15) is 0 Å². The van der Waals surface area contributed by atoms with E-state index in [-0.39, 0.29) is 30.8 Å². The number of anilines is 1. The molecule has 0 aliphatic carbocycles. The molecule has 0 saturated heterocycles. The maximum Gasteiger partial charge on any atom is 0.262 e. The number of fused-ring (bicyclic) bond motifs is 2. The lowest BCUT2D eigenvalue weighted by molar-refractivity contribution is -0.119. The van der Waals surface area contributed by atoms with E-state index in [1.165, 1.54) is 11.2 Å². The molecule has 1 N–H and O–H groups in total. The Kier molecular flexibility index (Phi) is 4.10. The largest absolute Gasteiger partial charge is 0.467 e. The standard InChI is InChI=1S/C19H15N3O4/c23-17(21-11-13-5-4-10-25-13)12-22-15-7-3-9-20-18(15)26-16-8-2-1-6-14(16)19(22)24/h1-10H,11-12H2,(H,21,23). The number of hydrogen-bond donors (Lipinski definition) is 1. The van der Waals surface area contributed by atoms with Gasteiger partial charge in [-0.05, 0) is 36.4 Å². The first-order valence-corrected chi connectivity index (χ1v) is 8.05. The van der Waals surface area contributed by atoms with Crippen LogP contribution in [0.5, 0.6) is 11.6 Å². The number of aromatic nitrogens is 1. The summed E-state index contributed by atoms with van der Waals surface area (Å²) in [6, 6.07) is 13.8. The van der Waals surface area contributed by atoms with E-state index >= 15 is 0 Å². The molecule has 26 heavy (non-hydrogen) atoms. The molecule has 1 aliphatic heterocycles. The average molecular weight is 349 g/mol. The lowest BCUT2D eigenvalue weighted by Crippen LogP contribution is -2.40. The van der Waals surface area contributed by atoms with Gasteiger partial charge in [0.2, 0.25) is 11.8 Å². The van der Waals surface area contributed by atoms with Crippen molar-refractivity contribution >= 4 is 17.5 Å². The van der Waals surface area contributed by atoms with Crippen LogP contribution in [0.4, 0.5) is 5.69 Å². The van der Waals surface area contributed by atoms with E-state index in [1.807, 2.05) is 0 Å². The fraction of sp³-hybridized carbons (Fsp3) is 0.105. The van der Waals surface area contributed by atoms with Gasteiger partial charge >= 0.3 is 0 Å².